The number of benzene rings is 1. The summed E-state index contributed by atoms with van der Waals surface area (Å²) in [5.41, 5.74) is 0.733. The Morgan fingerprint density at radius 3 is 2.84 bits per heavy atom. The second-order valence-electron chi connectivity index (χ2n) is 5.50. The van der Waals surface area contributed by atoms with Crippen LogP contribution in [0.4, 0.5) is 0 Å². The molecule has 0 unspecified atom stereocenters. The van der Waals surface area contributed by atoms with Gasteiger partial charge in [-0.05, 0) is 31.5 Å². The lowest BCUT2D eigenvalue weighted by molar-refractivity contribution is -0.119. The van der Waals surface area contributed by atoms with Crippen molar-refractivity contribution in [2.45, 2.75) is 38.0 Å². The van der Waals surface area contributed by atoms with Gasteiger partial charge in [-0.25, -0.2) is 0 Å². The van der Waals surface area contributed by atoms with Crippen molar-refractivity contribution in [3.63, 3.8) is 0 Å². The van der Waals surface area contributed by atoms with Crippen molar-refractivity contribution in [1.82, 2.24) is 20.1 Å². The van der Waals surface area contributed by atoms with E-state index < -0.39 is 0 Å². The van der Waals surface area contributed by atoms with Crippen LogP contribution in [0.15, 0.2) is 36.0 Å². The van der Waals surface area contributed by atoms with E-state index in [1.807, 2.05) is 18.4 Å². The van der Waals surface area contributed by atoms with E-state index in [1.165, 1.54) is 11.8 Å². The molecule has 2 aromatic rings. The summed E-state index contributed by atoms with van der Waals surface area (Å²) in [5, 5.41) is 13.1. The normalized spacial score (nSPS) is 12.0. The van der Waals surface area contributed by atoms with Crippen LogP contribution in [0.5, 0.6) is 0 Å². The first-order chi connectivity index (χ1) is 12.0. The van der Waals surface area contributed by atoms with Crippen LogP contribution in [-0.4, -0.2) is 32.5 Å². The van der Waals surface area contributed by atoms with Crippen molar-refractivity contribution in [2.75, 3.05) is 5.75 Å². The number of nitrogens with zero attached hydrogens (tertiary/aromatic N) is 3. The third-order valence-corrected chi connectivity index (χ3v) is 5.07. The Morgan fingerprint density at radius 1 is 1.44 bits per heavy atom. The highest BCUT2D eigenvalue weighted by Crippen LogP contribution is 2.31. The lowest BCUT2D eigenvalue weighted by Gasteiger charge is -2.11. The summed E-state index contributed by atoms with van der Waals surface area (Å²) in [6.07, 6.45) is 2.64. The second-order valence-corrected chi connectivity index (χ2v) is 7.28. The van der Waals surface area contributed by atoms with E-state index >= 15 is 0 Å². The Bertz CT molecular complexity index is 763. The zero-order valence-electron chi connectivity index (χ0n) is 14.1. The van der Waals surface area contributed by atoms with Gasteiger partial charge in [-0.3, -0.25) is 9.36 Å². The number of nitrogens with one attached hydrogen (secondary N) is 1. The summed E-state index contributed by atoms with van der Waals surface area (Å²) in [7, 11) is 0. The lowest BCUT2D eigenvalue weighted by Crippen LogP contribution is -2.33. The highest BCUT2D eigenvalue weighted by molar-refractivity contribution is 7.99. The third-order valence-electron chi connectivity index (χ3n) is 3.55. The predicted molar refractivity (Wildman–Crippen MR) is 104 cm³/mol. The first kappa shape index (κ1) is 19.8. The van der Waals surface area contributed by atoms with Gasteiger partial charge in [0.2, 0.25) is 5.91 Å². The van der Waals surface area contributed by atoms with Gasteiger partial charge >= 0.3 is 0 Å². The SMILES string of the molecule is C=CCn1c(SCC(=O)N[C@H](C)CC)nnc1-c1ccc(Cl)cc1Cl. The minimum atomic E-state index is -0.0291. The second kappa shape index (κ2) is 9.27. The molecule has 1 atom stereocenters. The molecule has 1 aromatic heterocycles. The molecule has 0 aliphatic carbocycles. The van der Waals surface area contributed by atoms with Gasteiger partial charge in [0.25, 0.3) is 0 Å². The van der Waals surface area contributed by atoms with E-state index in [9.17, 15) is 4.79 Å². The molecule has 0 radical (unpaired) electrons. The van der Waals surface area contributed by atoms with Crippen LogP contribution in [0, 0.1) is 0 Å². The largest absolute Gasteiger partial charge is 0.353 e. The number of amides is 1. The molecule has 2 rings (SSSR count). The van der Waals surface area contributed by atoms with E-state index in [0.717, 1.165) is 12.0 Å². The number of halogens is 2. The molecule has 0 saturated heterocycles. The maximum Gasteiger partial charge on any atom is 0.230 e. The van der Waals surface area contributed by atoms with Crippen LogP contribution in [0.3, 0.4) is 0 Å². The molecule has 0 aliphatic heterocycles. The number of hydrogen-bond acceptors (Lipinski definition) is 4. The summed E-state index contributed by atoms with van der Waals surface area (Å²) in [5.74, 6) is 0.860. The van der Waals surface area contributed by atoms with Gasteiger partial charge in [0.1, 0.15) is 0 Å². The fourth-order valence-electron chi connectivity index (χ4n) is 2.11. The van der Waals surface area contributed by atoms with Crippen LogP contribution in [0.1, 0.15) is 20.3 Å². The summed E-state index contributed by atoms with van der Waals surface area (Å²) in [6, 6.07) is 5.38. The van der Waals surface area contributed by atoms with Crippen LogP contribution in [0.2, 0.25) is 10.0 Å². The van der Waals surface area contributed by atoms with Crippen molar-refractivity contribution in [1.29, 1.82) is 0 Å². The Hall–Kier alpha value is -1.50. The average Bonchev–Trinajstić information content (AvgIpc) is 2.96. The number of thioether (sulfide) groups is 1. The molecule has 0 aliphatic rings. The standard InChI is InChI=1S/C17H20Cl2N4OS/c1-4-8-23-16(13-7-6-12(18)9-14(13)19)21-22-17(23)25-10-15(24)20-11(3)5-2/h4,6-7,9,11H,1,5,8,10H2,2-3H3,(H,20,24)/t11-/m1/s1. The summed E-state index contributed by atoms with van der Waals surface area (Å²) in [4.78, 5) is 12.0. The maximum atomic E-state index is 12.0. The van der Waals surface area contributed by atoms with Crippen molar-refractivity contribution < 1.29 is 4.79 Å². The van der Waals surface area contributed by atoms with Gasteiger partial charge in [-0.15, -0.1) is 16.8 Å². The van der Waals surface area contributed by atoms with Gasteiger partial charge in [0.05, 0.1) is 10.8 Å². The Balaban J connectivity index is 2.21. The highest BCUT2D eigenvalue weighted by atomic mass is 35.5. The van der Waals surface area contributed by atoms with E-state index in [0.29, 0.717) is 27.6 Å². The third kappa shape index (κ3) is 5.23. The van der Waals surface area contributed by atoms with Crippen LogP contribution < -0.4 is 5.32 Å². The minimum Gasteiger partial charge on any atom is -0.353 e. The Labute approximate surface area is 161 Å². The Kier molecular flexibility index (Phi) is 7.35. The molecule has 0 saturated carbocycles. The molecule has 1 aromatic carbocycles. The molecular weight excluding hydrogens is 379 g/mol. The quantitative estimate of drug-likeness (QED) is 0.527. The maximum absolute atomic E-state index is 12.0. The topological polar surface area (TPSA) is 59.8 Å². The fraction of sp³-hybridized carbons (Fsp3) is 0.353. The van der Waals surface area contributed by atoms with Crippen LogP contribution in [-0.2, 0) is 11.3 Å². The Morgan fingerprint density at radius 2 is 2.20 bits per heavy atom. The zero-order valence-corrected chi connectivity index (χ0v) is 16.5. The summed E-state index contributed by atoms with van der Waals surface area (Å²) < 4.78 is 1.88. The van der Waals surface area contributed by atoms with Crippen molar-refractivity contribution in [2.24, 2.45) is 0 Å². The molecule has 134 valence electrons. The van der Waals surface area contributed by atoms with E-state index in [2.05, 4.69) is 22.1 Å². The molecule has 0 fully saturated rings. The van der Waals surface area contributed by atoms with Crippen molar-refractivity contribution in [3.05, 3.63) is 40.9 Å². The van der Waals surface area contributed by atoms with Gasteiger partial charge in [-0.2, -0.15) is 0 Å². The van der Waals surface area contributed by atoms with E-state index in [4.69, 9.17) is 23.2 Å². The zero-order chi connectivity index (χ0) is 18.4. The first-order valence-corrected chi connectivity index (χ1v) is 9.62. The lowest BCUT2D eigenvalue weighted by atomic mass is 10.2. The molecule has 1 amide bonds. The van der Waals surface area contributed by atoms with E-state index in [1.54, 1.807) is 24.3 Å². The van der Waals surface area contributed by atoms with E-state index in [-0.39, 0.29) is 17.7 Å². The highest BCUT2D eigenvalue weighted by Gasteiger charge is 2.17. The predicted octanol–water partition coefficient (Wildman–Crippen LogP) is 4.44. The fourth-order valence-corrected chi connectivity index (χ4v) is 3.36. The van der Waals surface area contributed by atoms with Crippen molar-refractivity contribution >= 4 is 40.9 Å². The number of carbonyl (C=O) groups excluding carboxylic acids is 1. The number of aromatic nitrogens is 3. The number of rotatable bonds is 8. The number of carbonyl (C=O) groups is 1. The average molecular weight is 399 g/mol. The molecular formula is C17H20Cl2N4OS. The summed E-state index contributed by atoms with van der Waals surface area (Å²) in [6.45, 7) is 8.29. The summed E-state index contributed by atoms with van der Waals surface area (Å²) >= 11 is 13.6. The van der Waals surface area contributed by atoms with Gasteiger partial charge in [0, 0.05) is 23.2 Å². The monoisotopic (exact) mass is 398 g/mol. The van der Waals surface area contributed by atoms with Gasteiger partial charge < -0.3 is 5.32 Å². The number of hydrogen-bond donors (Lipinski definition) is 1. The molecule has 1 N–H and O–H groups in total. The number of allylic oxidation sites excluding steroid dienone is 1. The first-order valence-electron chi connectivity index (χ1n) is 7.88. The minimum absolute atomic E-state index is 0.0291. The molecule has 25 heavy (non-hydrogen) atoms. The molecule has 8 heteroatoms. The van der Waals surface area contributed by atoms with Gasteiger partial charge in [-0.1, -0.05) is 48.0 Å². The van der Waals surface area contributed by atoms with Crippen molar-refractivity contribution in [3.8, 4) is 11.4 Å². The molecule has 0 spiro atoms. The van der Waals surface area contributed by atoms with Crippen LogP contribution >= 0.6 is 35.0 Å². The molecule has 5 nitrogen and oxygen atoms in total. The molecule has 1 heterocycles. The smallest absolute Gasteiger partial charge is 0.230 e. The van der Waals surface area contributed by atoms with Crippen LogP contribution in [0.25, 0.3) is 11.4 Å². The molecule has 0 bridgehead atoms. The van der Waals surface area contributed by atoms with Gasteiger partial charge in [0.15, 0.2) is 11.0 Å².